The van der Waals surface area contributed by atoms with E-state index in [1.165, 1.54) is 19.3 Å². The lowest BCUT2D eigenvalue weighted by molar-refractivity contribution is -0.132. The van der Waals surface area contributed by atoms with E-state index >= 15 is 0 Å². The maximum atomic E-state index is 10.6. The van der Waals surface area contributed by atoms with Crippen LogP contribution in [0.4, 0.5) is 0 Å². The molecule has 0 radical (unpaired) electrons. The van der Waals surface area contributed by atoms with Crippen molar-refractivity contribution in [3.8, 4) is 0 Å². The van der Waals surface area contributed by atoms with Crippen molar-refractivity contribution >= 4 is 5.97 Å². The van der Waals surface area contributed by atoms with Gasteiger partial charge >= 0.3 is 5.97 Å². The van der Waals surface area contributed by atoms with Crippen molar-refractivity contribution in [1.82, 2.24) is 0 Å². The molecule has 1 N–H and O–H groups in total. The summed E-state index contributed by atoms with van der Waals surface area (Å²) in [5.41, 5.74) is 0.315. The van der Waals surface area contributed by atoms with Gasteiger partial charge < -0.3 is 9.84 Å². The van der Waals surface area contributed by atoms with E-state index in [-0.39, 0.29) is 6.10 Å². The van der Waals surface area contributed by atoms with Gasteiger partial charge in [0.2, 0.25) is 0 Å². The summed E-state index contributed by atoms with van der Waals surface area (Å²) in [6.07, 6.45) is 6.03. The summed E-state index contributed by atoms with van der Waals surface area (Å²) >= 11 is 0. The molecule has 80 valence electrons. The van der Waals surface area contributed by atoms with Gasteiger partial charge in [-0.05, 0) is 39.5 Å². The van der Waals surface area contributed by atoms with Crippen LogP contribution in [-0.4, -0.2) is 17.2 Å². The lowest BCUT2D eigenvalue weighted by Gasteiger charge is -2.23. The molecular weight excluding hydrogens is 180 g/mol. The Kier molecular flexibility index (Phi) is 3.98. The Morgan fingerprint density at radius 2 is 1.79 bits per heavy atom. The molecular formula is C11H18O3. The molecule has 3 heteroatoms. The zero-order chi connectivity index (χ0) is 10.6. The Balaban J connectivity index is 2.49. The van der Waals surface area contributed by atoms with E-state index in [4.69, 9.17) is 9.84 Å². The summed E-state index contributed by atoms with van der Waals surface area (Å²) in [7, 11) is 0. The molecule has 1 rings (SSSR count). The van der Waals surface area contributed by atoms with Gasteiger partial charge in [0.25, 0.3) is 0 Å². The molecule has 0 aliphatic heterocycles. The van der Waals surface area contributed by atoms with Crippen molar-refractivity contribution in [1.29, 1.82) is 0 Å². The SMILES string of the molecule is C/C(OC1CCCCC1)=C(/C)C(=O)O. The number of carbonyl (C=O) groups is 1. The molecule has 0 amide bonds. The van der Waals surface area contributed by atoms with Crippen LogP contribution in [0.15, 0.2) is 11.3 Å². The highest BCUT2D eigenvalue weighted by Crippen LogP contribution is 2.23. The quantitative estimate of drug-likeness (QED) is 0.560. The summed E-state index contributed by atoms with van der Waals surface area (Å²) in [4.78, 5) is 10.6. The number of carboxylic acids is 1. The summed E-state index contributed by atoms with van der Waals surface area (Å²) < 4.78 is 5.61. The Bertz CT molecular complexity index is 237. The predicted octanol–water partition coefficient (Wildman–Crippen LogP) is 2.71. The van der Waals surface area contributed by atoms with Crippen molar-refractivity contribution in [2.75, 3.05) is 0 Å². The van der Waals surface area contributed by atoms with Crippen molar-refractivity contribution in [2.45, 2.75) is 52.1 Å². The van der Waals surface area contributed by atoms with Gasteiger partial charge in [0.1, 0.15) is 5.76 Å². The van der Waals surface area contributed by atoms with E-state index in [1.807, 2.05) is 0 Å². The second-order valence-corrected chi connectivity index (χ2v) is 3.86. The average molecular weight is 198 g/mol. The maximum absolute atomic E-state index is 10.6. The Labute approximate surface area is 84.8 Å². The Morgan fingerprint density at radius 3 is 2.29 bits per heavy atom. The van der Waals surface area contributed by atoms with E-state index in [0.717, 1.165) is 12.8 Å². The molecule has 0 aromatic rings. The first-order valence-electron chi connectivity index (χ1n) is 5.18. The van der Waals surface area contributed by atoms with E-state index in [0.29, 0.717) is 11.3 Å². The first kappa shape index (κ1) is 11.1. The van der Waals surface area contributed by atoms with Crippen LogP contribution < -0.4 is 0 Å². The largest absolute Gasteiger partial charge is 0.495 e. The lowest BCUT2D eigenvalue weighted by atomic mass is 9.98. The van der Waals surface area contributed by atoms with Crippen LogP contribution in [0, 0.1) is 0 Å². The van der Waals surface area contributed by atoms with Crippen LogP contribution in [0.2, 0.25) is 0 Å². The van der Waals surface area contributed by atoms with Gasteiger partial charge in [0, 0.05) is 0 Å². The highest BCUT2D eigenvalue weighted by atomic mass is 16.5. The van der Waals surface area contributed by atoms with Crippen LogP contribution in [0.25, 0.3) is 0 Å². The zero-order valence-electron chi connectivity index (χ0n) is 8.88. The standard InChI is InChI=1S/C11H18O3/c1-8(11(12)13)9(2)14-10-6-4-3-5-7-10/h10H,3-7H2,1-2H3,(H,12,13)/b9-8+. The molecule has 0 saturated heterocycles. The normalized spacial score (nSPS) is 20.1. The van der Waals surface area contributed by atoms with Crippen LogP contribution in [0.3, 0.4) is 0 Å². The molecule has 0 heterocycles. The molecule has 0 unspecified atom stereocenters. The molecule has 0 aromatic heterocycles. The highest BCUT2D eigenvalue weighted by Gasteiger charge is 2.16. The highest BCUT2D eigenvalue weighted by molar-refractivity contribution is 5.86. The van der Waals surface area contributed by atoms with Crippen LogP contribution in [0.1, 0.15) is 46.0 Å². The third-order valence-electron chi connectivity index (χ3n) is 2.74. The van der Waals surface area contributed by atoms with Crippen molar-refractivity contribution in [3.63, 3.8) is 0 Å². The average Bonchev–Trinajstić information content (AvgIpc) is 2.18. The Hall–Kier alpha value is -0.990. The summed E-state index contributed by atoms with van der Waals surface area (Å²) in [6.45, 7) is 3.32. The smallest absolute Gasteiger partial charge is 0.334 e. The number of carboxylic acid groups (broad SMARTS) is 1. The molecule has 0 aromatic carbocycles. The minimum Gasteiger partial charge on any atom is -0.495 e. The van der Waals surface area contributed by atoms with Gasteiger partial charge in [-0.15, -0.1) is 0 Å². The predicted molar refractivity (Wildman–Crippen MR) is 54.0 cm³/mol. The van der Waals surface area contributed by atoms with E-state index in [9.17, 15) is 4.79 Å². The van der Waals surface area contributed by atoms with Crippen molar-refractivity contribution < 1.29 is 14.6 Å². The topological polar surface area (TPSA) is 46.5 Å². The number of allylic oxidation sites excluding steroid dienone is 1. The Morgan fingerprint density at radius 1 is 1.21 bits per heavy atom. The molecule has 1 aliphatic carbocycles. The van der Waals surface area contributed by atoms with Gasteiger partial charge in [0.15, 0.2) is 0 Å². The van der Waals surface area contributed by atoms with Crippen molar-refractivity contribution in [3.05, 3.63) is 11.3 Å². The number of ether oxygens (including phenoxy) is 1. The molecule has 0 atom stereocenters. The minimum atomic E-state index is -0.890. The molecule has 1 aliphatic rings. The van der Waals surface area contributed by atoms with Gasteiger partial charge in [-0.2, -0.15) is 0 Å². The zero-order valence-corrected chi connectivity index (χ0v) is 8.88. The number of aliphatic carboxylic acids is 1. The van der Waals surface area contributed by atoms with E-state index in [1.54, 1.807) is 13.8 Å². The fourth-order valence-corrected chi connectivity index (χ4v) is 1.67. The third kappa shape index (κ3) is 3.05. The summed E-state index contributed by atoms with van der Waals surface area (Å²) in [6, 6.07) is 0. The first-order chi connectivity index (χ1) is 6.61. The van der Waals surface area contributed by atoms with Crippen LogP contribution in [0.5, 0.6) is 0 Å². The monoisotopic (exact) mass is 198 g/mol. The first-order valence-corrected chi connectivity index (χ1v) is 5.18. The van der Waals surface area contributed by atoms with Crippen LogP contribution >= 0.6 is 0 Å². The van der Waals surface area contributed by atoms with Gasteiger partial charge in [-0.25, -0.2) is 4.79 Å². The molecule has 14 heavy (non-hydrogen) atoms. The van der Waals surface area contributed by atoms with E-state index < -0.39 is 5.97 Å². The number of hydrogen-bond donors (Lipinski definition) is 1. The third-order valence-corrected chi connectivity index (χ3v) is 2.74. The van der Waals surface area contributed by atoms with Crippen LogP contribution in [-0.2, 0) is 9.53 Å². The number of hydrogen-bond acceptors (Lipinski definition) is 2. The minimum absolute atomic E-state index is 0.234. The fraction of sp³-hybridized carbons (Fsp3) is 0.727. The molecule has 1 fully saturated rings. The summed E-state index contributed by atoms with van der Waals surface area (Å²) in [5.74, 6) is -0.331. The second-order valence-electron chi connectivity index (χ2n) is 3.86. The molecule has 0 spiro atoms. The fourth-order valence-electron chi connectivity index (χ4n) is 1.67. The van der Waals surface area contributed by atoms with Gasteiger partial charge in [-0.3, -0.25) is 0 Å². The molecule has 3 nitrogen and oxygen atoms in total. The molecule has 1 saturated carbocycles. The second kappa shape index (κ2) is 5.03. The van der Waals surface area contributed by atoms with Crippen molar-refractivity contribution in [2.24, 2.45) is 0 Å². The lowest BCUT2D eigenvalue weighted by Crippen LogP contribution is -2.17. The maximum Gasteiger partial charge on any atom is 0.334 e. The van der Waals surface area contributed by atoms with Gasteiger partial charge in [0.05, 0.1) is 11.7 Å². The van der Waals surface area contributed by atoms with Gasteiger partial charge in [-0.1, -0.05) is 6.42 Å². The van der Waals surface area contributed by atoms with E-state index in [2.05, 4.69) is 0 Å². The number of rotatable bonds is 3. The molecule has 0 bridgehead atoms. The summed E-state index contributed by atoms with van der Waals surface area (Å²) in [5, 5.41) is 8.74.